The van der Waals surface area contributed by atoms with Crippen molar-refractivity contribution < 1.29 is 0 Å². The van der Waals surface area contributed by atoms with Crippen LogP contribution in [0.2, 0.25) is 0 Å². The number of aromatic nitrogens is 1. The Bertz CT molecular complexity index is 516. The van der Waals surface area contributed by atoms with Crippen molar-refractivity contribution in [1.29, 1.82) is 0 Å². The molecule has 0 saturated carbocycles. The molecule has 94 valence electrons. The molecule has 0 radical (unpaired) electrons. The molecule has 2 nitrogen and oxygen atoms in total. The molecule has 2 rings (SSSR count). The zero-order chi connectivity index (χ0) is 12.6. The summed E-state index contributed by atoms with van der Waals surface area (Å²) in [6.07, 6.45) is 7.14. The minimum atomic E-state index is 0.0561. The summed E-state index contributed by atoms with van der Waals surface area (Å²) in [7, 11) is 0. The van der Waals surface area contributed by atoms with Gasteiger partial charge in [-0.25, -0.2) is 0 Å². The molecule has 0 amide bonds. The van der Waals surface area contributed by atoms with Crippen LogP contribution in [0.5, 0.6) is 0 Å². The van der Waals surface area contributed by atoms with Gasteiger partial charge in [0.2, 0.25) is 0 Å². The maximum absolute atomic E-state index is 11.4. The molecule has 1 heterocycles. The van der Waals surface area contributed by atoms with Crippen LogP contribution in [0.25, 0.3) is 0 Å². The molecule has 1 aromatic heterocycles. The van der Waals surface area contributed by atoms with Crippen LogP contribution in [-0.2, 0) is 12.8 Å². The Balaban J connectivity index is 1.68. The Kier molecular flexibility index (Phi) is 4.77. The number of nitrogens with one attached hydrogen (secondary N) is 1. The standard InChI is InChI=1S/C16H19NO/c18-16-15(12-7-13-17-16)11-6-2-5-10-14-8-3-1-4-9-14/h1,3-4,7-9,12-13H,2,5-6,10-11H2,(H,17,18). The SMILES string of the molecule is O=c1[nH]cccc1CCCCCc1ccccc1. The first-order chi connectivity index (χ1) is 8.86. The topological polar surface area (TPSA) is 32.9 Å². The van der Waals surface area contributed by atoms with E-state index in [0.29, 0.717) is 0 Å². The Morgan fingerprint density at radius 1 is 0.833 bits per heavy atom. The molecule has 0 aliphatic carbocycles. The van der Waals surface area contributed by atoms with Crippen molar-refractivity contribution in [1.82, 2.24) is 4.98 Å². The molecule has 0 atom stereocenters. The van der Waals surface area contributed by atoms with E-state index in [2.05, 4.69) is 29.2 Å². The van der Waals surface area contributed by atoms with E-state index >= 15 is 0 Å². The van der Waals surface area contributed by atoms with Crippen LogP contribution in [0, 0.1) is 0 Å². The van der Waals surface area contributed by atoms with Gasteiger partial charge in [0.25, 0.3) is 5.56 Å². The number of unbranched alkanes of at least 4 members (excludes halogenated alkanes) is 2. The van der Waals surface area contributed by atoms with Crippen LogP contribution in [0.3, 0.4) is 0 Å². The number of H-pyrrole nitrogens is 1. The van der Waals surface area contributed by atoms with Crippen LogP contribution < -0.4 is 5.56 Å². The number of pyridine rings is 1. The van der Waals surface area contributed by atoms with Crippen LogP contribution >= 0.6 is 0 Å². The molecule has 0 aliphatic heterocycles. The number of rotatable bonds is 6. The van der Waals surface area contributed by atoms with Gasteiger partial charge in [-0.3, -0.25) is 4.79 Å². The van der Waals surface area contributed by atoms with Gasteiger partial charge in [-0.15, -0.1) is 0 Å². The highest BCUT2D eigenvalue weighted by Gasteiger charge is 1.98. The van der Waals surface area contributed by atoms with Crippen molar-refractivity contribution in [2.75, 3.05) is 0 Å². The predicted molar refractivity (Wildman–Crippen MR) is 74.8 cm³/mol. The first-order valence-corrected chi connectivity index (χ1v) is 6.57. The Hall–Kier alpha value is -1.83. The van der Waals surface area contributed by atoms with E-state index in [1.54, 1.807) is 6.20 Å². The Labute approximate surface area is 108 Å². The van der Waals surface area contributed by atoms with Crippen molar-refractivity contribution in [3.63, 3.8) is 0 Å². The molecule has 0 aliphatic rings. The highest BCUT2D eigenvalue weighted by Crippen LogP contribution is 2.08. The van der Waals surface area contributed by atoms with Crippen LogP contribution in [0.15, 0.2) is 53.5 Å². The molecule has 1 aromatic carbocycles. The van der Waals surface area contributed by atoms with Gasteiger partial charge in [0.1, 0.15) is 0 Å². The molecular weight excluding hydrogens is 222 g/mol. The van der Waals surface area contributed by atoms with E-state index in [1.807, 2.05) is 18.2 Å². The number of aryl methyl sites for hydroxylation is 2. The third kappa shape index (κ3) is 3.88. The summed E-state index contributed by atoms with van der Waals surface area (Å²) in [5.41, 5.74) is 2.35. The van der Waals surface area contributed by atoms with Crippen molar-refractivity contribution in [2.24, 2.45) is 0 Å². The third-order valence-electron chi connectivity index (χ3n) is 3.15. The summed E-state index contributed by atoms with van der Waals surface area (Å²) in [4.78, 5) is 14.2. The molecule has 0 saturated heterocycles. The second-order valence-electron chi connectivity index (χ2n) is 4.57. The van der Waals surface area contributed by atoms with Gasteiger partial charge < -0.3 is 4.98 Å². The summed E-state index contributed by atoms with van der Waals surface area (Å²) in [6.45, 7) is 0. The summed E-state index contributed by atoms with van der Waals surface area (Å²) in [6, 6.07) is 14.4. The summed E-state index contributed by atoms with van der Waals surface area (Å²) >= 11 is 0. The lowest BCUT2D eigenvalue weighted by molar-refractivity contribution is 0.675. The lowest BCUT2D eigenvalue weighted by atomic mass is 10.0. The van der Waals surface area contributed by atoms with Crippen molar-refractivity contribution in [2.45, 2.75) is 32.1 Å². The predicted octanol–water partition coefficient (Wildman–Crippen LogP) is 3.33. The van der Waals surface area contributed by atoms with Crippen LogP contribution in [-0.4, -0.2) is 4.98 Å². The maximum Gasteiger partial charge on any atom is 0.251 e. The van der Waals surface area contributed by atoms with Gasteiger partial charge in [0, 0.05) is 11.8 Å². The molecule has 2 aromatic rings. The fourth-order valence-electron chi connectivity index (χ4n) is 2.12. The summed E-state index contributed by atoms with van der Waals surface area (Å²) < 4.78 is 0. The van der Waals surface area contributed by atoms with Gasteiger partial charge in [0.05, 0.1) is 0 Å². The highest BCUT2D eigenvalue weighted by molar-refractivity contribution is 5.14. The van der Waals surface area contributed by atoms with E-state index < -0.39 is 0 Å². The third-order valence-corrected chi connectivity index (χ3v) is 3.15. The van der Waals surface area contributed by atoms with Crippen molar-refractivity contribution in [3.05, 3.63) is 70.1 Å². The zero-order valence-corrected chi connectivity index (χ0v) is 10.6. The van der Waals surface area contributed by atoms with Gasteiger partial charge in [0.15, 0.2) is 0 Å². The minimum Gasteiger partial charge on any atom is -0.329 e. The smallest absolute Gasteiger partial charge is 0.251 e. The number of benzene rings is 1. The molecule has 0 bridgehead atoms. The second kappa shape index (κ2) is 6.80. The van der Waals surface area contributed by atoms with Gasteiger partial charge in [-0.2, -0.15) is 0 Å². The Morgan fingerprint density at radius 3 is 2.39 bits per heavy atom. The van der Waals surface area contributed by atoms with E-state index in [4.69, 9.17) is 0 Å². The van der Waals surface area contributed by atoms with Crippen LogP contribution in [0.1, 0.15) is 30.4 Å². The fraction of sp³-hybridized carbons (Fsp3) is 0.312. The summed E-state index contributed by atoms with van der Waals surface area (Å²) in [5.74, 6) is 0. The fourth-order valence-corrected chi connectivity index (χ4v) is 2.12. The quantitative estimate of drug-likeness (QED) is 0.773. The highest BCUT2D eigenvalue weighted by atomic mass is 16.1. The van der Waals surface area contributed by atoms with Crippen molar-refractivity contribution in [3.8, 4) is 0 Å². The normalized spacial score (nSPS) is 10.4. The van der Waals surface area contributed by atoms with Crippen molar-refractivity contribution >= 4 is 0 Å². The monoisotopic (exact) mass is 241 g/mol. The number of hydrogen-bond acceptors (Lipinski definition) is 1. The number of aromatic amines is 1. The summed E-state index contributed by atoms with van der Waals surface area (Å²) in [5, 5.41) is 0. The van der Waals surface area contributed by atoms with E-state index in [-0.39, 0.29) is 5.56 Å². The van der Waals surface area contributed by atoms with Gasteiger partial charge in [-0.1, -0.05) is 42.8 Å². The minimum absolute atomic E-state index is 0.0561. The number of hydrogen-bond donors (Lipinski definition) is 1. The van der Waals surface area contributed by atoms with E-state index in [9.17, 15) is 4.79 Å². The van der Waals surface area contributed by atoms with Crippen LogP contribution in [0.4, 0.5) is 0 Å². The maximum atomic E-state index is 11.4. The Morgan fingerprint density at radius 2 is 1.61 bits per heavy atom. The lowest BCUT2D eigenvalue weighted by Crippen LogP contribution is -2.10. The zero-order valence-electron chi connectivity index (χ0n) is 10.6. The molecule has 0 unspecified atom stereocenters. The lowest BCUT2D eigenvalue weighted by Gasteiger charge is -2.02. The second-order valence-corrected chi connectivity index (χ2v) is 4.57. The molecule has 18 heavy (non-hydrogen) atoms. The molecule has 1 N–H and O–H groups in total. The first-order valence-electron chi connectivity index (χ1n) is 6.57. The molecule has 0 spiro atoms. The first kappa shape index (κ1) is 12.6. The molecule has 2 heteroatoms. The average Bonchev–Trinajstić information content (AvgIpc) is 2.42. The van der Waals surface area contributed by atoms with Gasteiger partial charge >= 0.3 is 0 Å². The molecular formula is C16H19NO. The van der Waals surface area contributed by atoms with Gasteiger partial charge in [-0.05, 0) is 37.3 Å². The van der Waals surface area contributed by atoms with E-state index in [0.717, 1.165) is 24.8 Å². The largest absolute Gasteiger partial charge is 0.329 e. The molecule has 0 fully saturated rings. The van der Waals surface area contributed by atoms with E-state index in [1.165, 1.54) is 18.4 Å². The average molecular weight is 241 g/mol.